The summed E-state index contributed by atoms with van der Waals surface area (Å²) in [5.41, 5.74) is 1.92. The minimum Gasteiger partial charge on any atom is -0.482 e. The van der Waals surface area contributed by atoms with Crippen LogP contribution in [0, 0.1) is 13.8 Å². The molecule has 10 nitrogen and oxygen atoms in total. The first-order valence-electron chi connectivity index (χ1n) is 12.7. The molecule has 0 amide bonds. The summed E-state index contributed by atoms with van der Waals surface area (Å²) in [5, 5.41) is 3.85. The molecule has 0 unspecified atom stereocenters. The van der Waals surface area contributed by atoms with Crippen LogP contribution in [0.25, 0.3) is 11.4 Å². The molecule has 11 heteroatoms. The lowest BCUT2D eigenvalue weighted by molar-refractivity contribution is -0.157. The van der Waals surface area contributed by atoms with Crippen LogP contribution in [0.15, 0.2) is 76.4 Å². The van der Waals surface area contributed by atoms with E-state index in [1.54, 1.807) is 77.3 Å². The van der Waals surface area contributed by atoms with Crippen LogP contribution < -0.4 is 4.74 Å². The van der Waals surface area contributed by atoms with Gasteiger partial charge in [-0.25, -0.2) is 23.2 Å². The normalized spacial score (nSPS) is 11.9. The van der Waals surface area contributed by atoms with Crippen LogP contribution in [0.3, 0.4) is 0 Å². The number of aryl methyl sites for hydroxylation is 2. The lowest BCUT2D eigenvalue weighted by Crippen LogP contribution is -2.31. The van der Waals surface area contributed by atoms with Crippen LogP contribution in [0.1, 0.15) is 43.4 Å². The molecule has 210 valence electrons. The molecule has 0 N–H and O–H groups in total. The van der Waals surface area contributed by atoms with Gasteiger partial charge in [0.05, 0.1) is 0 Å². The van der Waals surface area contributed by atoms with Crippen LogP contribution in [-0.4, -0.2) is 46.0 Å². The highest BCUT2D eigenvalue weighted by Crippen LogP contribution is 2.28. The van der Waals surface area contributed by atoms with Gasteiger partial charge in [0.1, 0.15) is 21.9 Å². The van der Waals surface area contributed by atoms with Gasteiger partial charge < -0.3 is 14.0 Å². The van der Waals surface area contributed by atoms with E-state index >= 15 is 0 Å². The maximum Gasteiger partial charge on any atom is 0.344 e. The number of benzene rings is 2. The summed E-state index contributed by atoms with van der Waals surface area (Å²) in [5.74, 6) is 0.723. The number of esters is 1. The quantitative estimate of drug-likeness (QED) is 0.248. The predicted molar refractivity (Wildman–Crippen MR) is 148 cm³/mol. The van der Waals surface area contributed by atoms with Gasteiger partial charge in [-0.15, -0.1) is 0 Å². The van der Waals surface area contributed by atoms with Crippen molar-refractivity contribution in [2.24, 2.45) is 0 Å². The third kappa shape index (κ3) is 7.30. The first kappa shape index (κ1) is 28.9. The Morgan fingerprint density at radius 1 is 0.950 bits per heavy atom. The molecular weight excluding hydrogens is 532 g/mol. The molecule has 0 aliphatic carbocycles. The zero-order valence-electron chi connectivity index (χ0n) is 23.1. The fourth-order valence-electron chi connectivity index (χ4n) is 4.06. The van der Waals surface area contributed by atoms with Crippen LogP contribution in [0.5, 0.6) is 5.75 Å². The molecule has 0 aliphatic heterocycles. The highest BCUT2D eigenvalue weighted by Gasteiger charge is 2.31. The average Bonchev–Trinajstić information content (AvgIpc) is 3.25. The minimum atomic E-state index is -4.00. The van der Waals surface area contributed by atoms with E-state index in [1.807, 2.05) is 24.3 Å². The maximum atomic E-state index is 13.9. The Balaban J connectivity index is 1.59. The summed E-state index contributed by atoms with van der Waals surface area (Å²) in [6.07, 6.45) is 3.33. The summed E-state index contributed by atoms with van der Waals surface area (Å²) < 4.78 is 45.2. The average molecular weight is 565 g/mol. The van der Waals surface area contributed by atoms with E-state index in [-0.39, 0.29) is 36.0 Å². The van der Waals surface area contributed by atoms with Crippen molar-refractivity contribution >= 4 is 16.0 Å². The third-order valence-electron chi connectivity index (χ3n) is 5.74. The van der Waals surface area contributed by atoms with Gasteiger partial charge in [-0.3, -0.25) is 0 Å². The summed E-state index contributed by atoms with van der Waals surface area (Å²) in [7, 11) is -4.00. The second kappa shape index (κ2) is 12.0. The highest BCUT2D eigenvalue weighted by atomic mass is 32.2. The summed E-state index contributed by atoms with van der Waals surface area (Å²) in [6, 6.07) is 16.1. The second-order valence-corrected chi connectivity index (χ2v) is 12.1. The van der Waals surface area contributed by atoms with Gasteiger partial charge in [0, 0.05) is 31.0 Å². The van der Waals surface area contributed by atoms with Crippen molar-refractivity contribution in [3.8, 4) is 17.1 Å². The molecule has 4 rings (SSSR count). The van der Waals surface area contributed by atoms with Crippen LogP contribution in [0.4, 0.5) is 0 Å². The SMILES string of the molecule is Cc1noc(C)c1S(=O)(=O)N(Cc1ccc(-c2ncccn2)cc1)Cc1cccc(OCC(=O)OC(C)(C)C)c1. The molecule has 0 atom stereocenters. The Labute approximate surface area is 234 Å². The fourth-order valence-corrected chi connectivity index (χ4v) is 5.77. The molecule has 40 heavy (non-hydrogen) atoms. The van der Waals surface area contributed by atoms with Crippen LogP contribution in [0.2, 0.25) is 0 Å². The van der Waals surface area contributed by atoms with Crippen molar-refractivity contribution < 1.29 is 27.2 Å². The molecule has 0 bridgehead atoms. The first-order valence-corrected chi connectivity index (χ1v) is 14.1. The van der Waals surface area contributed by atoms with Crippen molar-refractivity contribution in [1.29, 1.82) is 0 Å². The fraction of sp³-hybridized carbons (Fsp3) is 0.310. The number of sulfonamides is 1. The molecule has 0 saturated heterocycles. The van der Waals surface area contributed by atoms with Gasteiger partial charge in [0.15, 0.2) is 18.2 Å². The van der Waals surface area contributed by atoms with Crippen molar-refractivity contribution in [1.82, 2.24) is 19.4 Å². The van der Waals surface area contributed by atoms with Crippen molar-refractivity contribution in [2.45, 2.75) is 58.2 Å². The minimum absolute atomic E-state index is 0.0409. The van der Waals surface area contributed by atoms with E-state index in [0.717, 1.165) is 11.1 Å². The van der Waals surface area contributed by atoms with Crippen molar-refractivity contribution in [2.75, 3.05) is 6.61 Å². The standard InChI is InChI=1S/C29H32N4O6S/c1-20-27(21(2)39-32-20)40(35,36)33(17-22-10-12-24(13-11-22)28-30-14-7-15-31-28)18-23-8-6-9-25(16-23)37-19-26(34)38-29(3,4)5/h6-16H,17-19H2,1-5H3. The topological polar surface area (TPSA) is 125 Å². The molecule has 0 saturated carbocycles. The van der Waals surface area contributed by atoms with Gasteiger partial charge in [-0.05, 0) is 63.9 Å². The Bertz CT molecular complexity index is 1540. The maximum absolute atomic E-state index is 13.9. The number of aromatic nitrogens is 3. The van der Waals surface area contributed by atoms with Crippen molar-refractivity contribution in [3.05, 3.63) is 89.6 Å². The number of carbonyl (C=O) groups excluding carboxylic acids is 1. The Hall–Kier alpha value is -4.09. The Morgan fingerprint density at radius 2 is 1.62 bits per heavy atom. The summed E-state index contributed by atoms with van der Waals surface area (Å²) >= 11 is 0. The molecular formula is C29H32N4O6S. The molecule has 4 aromatic rings. The number of hydrogen-bond donors (Lipinski definition) is 0. The predicted octanol–water partition coefficient (Wildman–Crippen LogP) is 4.86. The summed E-state index contributed by atoms with van der Waals surface area (Å²) in [6.45, 7) is 8.38. The third-order valence-corrected chi connectivity index (χ3v) is 7.77. The van der Waals surface area contributed by atoms with Gasteiger partial charge in [-0.1, -0.05) is 41.6 Å². The number of nitrogens with zero attached hydrogens (tertiary/aromatic N) is 4. The Kier molecular flexibility index (Phi) is 8.65. The molecule has 2 aromatic heterocycles. The lowest BCUT2D eigenvalue weighted by atomic mass is 10.1. The lowest BCUT2D eigenvalue weighted by Gasteiger charge is -2.23. The number of rotatable bonds is 10. The van der Waals surface area contributed by atoms with E-state index < -0.39 is 21.6 Å². The van der Waals surface area contributed by atoms with Crippen molar-refractivity contribution in [3.63, 3.8) is 0 Å². The van der Waals surface area contributed by atoms with Crippen LogP contribution >= 0.6 is 0 Å². The molecule has 0 fully saturated rings. The molecule has 0 radical (unpaired) electrons. The number of ether oxygens (including phenoxy) is 2. The first-order chi connectivity index (χ1) is 18.9. The van der Waals surface area contributed by atoms with E-state index in [4.69, 9.17) is 14.0 Å². The second-order valence-electron chi connectivity index (χ2n) is 10.2. The van der Waals surface area contributed by atoms with Gasteiger partial charge in [0.2, 0.25) is 10.0 Å². The van der Waals surface area contributed by atoms with E-state index in [1.165, 1.54) is 4.31 Å². The molecule has 0 spiro atoms. The smallest absolute Gasteiger partial charge is 0.344 e. The van der Waals surface area contributed by atoms with Gasteiger partial charge in [-0.2, -0.15) is 4.31 Å². The summed E-state index contributed by atoms with van der Waals surface area (Å²) in [4.78, 5) is 20.7. The molecule has 2 aromatic carbocycles. The van der Waals surface area contributed by atoms with E-state index in [0.29, 0.717) is 17.1 Å². The zero-order chi connectivity index (χ0) is 28.9. The number of hydrogen-bond acceptors (Lipinski definition) is 9. The Morgan fingerprint density at radius 3 is 2.25 bits per heavy atom. The van der Waals surface area contributed by atoms with E-state index in [2.05, 4.69) is 15.1 Å². The highest BCUT2D eigenvalue weighted by molar-refractivity contribution is 7.89. The van der Waals surface area contributed by atoms with Gasteiger partial charge >= 0.3 is 5.97 Å². The monoisotopic (exact) mass is 564 g/mol. The zero-order valence-corrected chi connectivity index (χ0v) is 23.9. The van der Waals surface area contributed by atoms with E-state index in [9.17, 15) is 13.2 Å². The number of carbonyl (C=O) groups is 1. The molecule has 2 heterocycles. The molecule has 0 aliphatic rings. The largest absolute Gasteiger partial charge is 0.482 e. The van der Waals surface area contributed by atoms with Gasteiger partial charge in [0.25, 0.3) is 0 Å². The van der Waals surface area contributed by atoms with Crippen LogP contribution in [-0.2, 0) is 32.6 Å².